The minimum absolute atomic E-state index is 0.135. The molecule has 140 valence electrons. The average molecular weight is 391 g/mol. The molecule has 4 heterocycles. The Hall–Kier alpha value is -3.24. The lowest BCUT2D eigenvalue weighted by Gasteiger charge is -2.22. The molecule has 4 aromatic heterocycles. The minimum atomic E-state index is -0.420. The molecule has 0 fully saturated rings. The number of aromatic nitrogens is 4. The first-order valence-electron chi connectivity index (χ1n) is 8.74. The van der Waals surface area contributed by atoms with Gasteiger partial charge in [-0.1, -0.05) is 0 Å². The molecule has 7 heteroatoms. The summed E-state index contributed by atoms with van der Waals surface area (Å²) >= 11 is 1.51. The van der Waals surface area contributed by atoms with Crippen LogP contribution in [0.1, 0.15) is 31.3 Å². The molecule has 0 bridgehead atoms. The maximum absolute atomic E-state index is 13.7. The molecule has 28 heavy (non-hydrogen) atoms. The Morgan fingerprint density at radius 3 is 2.79 bits per heavy atom. The van der Waals surface area contributed by atoms with Crippen LogP contribution in [0.25, 0.3) is 16.2 Å². The Balaban J connectivity index is 1.74. The Kier molecular flexibility index (Phi) is 4.57. The second-order valence-corrected chi connectivity index (χ2v) is 8.32. The Morgan fingerprint density at radius 1 is 1.14 bits per heavy atom. The molecule has 5 nitrogen and oxygen atoms in total. The Labute approximate surface area is 166 Å². The van der Waals surface area contributed by atoms with Crippen LogP contribution in [0.2, 0.25) is 0 Å². The van der Waals surface area contributed by atoms with Gasteiger partial charge in [0.05, 0.1) is 16.0 Å². The van der Waals surface area contributed by atoms with E-state index in [1.807, 2.05) is 22.7 Å². The molecular weight excluding hydrogens is 373 g/mol. The number of thiophene rings is 1. The summed E-state index contributed by atoms with van der Waals surface area (Å²) in [6.07, 6.45) is 6.88. The standard InChI is InChI=1S/C21H18FN5S/c1-21(2,3)26-20-19(25-18-13-23-11-12-27(18)20)17-9-7-14(28-17)6-8-16-15(22)5-4-10-24-16/h4-5,7,9-13,26H,1-3H3. The summed E-state index contributed by atoms with van der Waals surface area (Å²) in [5.74, 6) is 6.27. The maximum Gasteiger partial charge on any atom is 0.157 e. The van der Waals surface area contributed by atoms with Gasteiger partial charge in [0.25, 0.3) is 0 Å². The summed E-state index contributed by atoms with van der Waals surface area (Å²) in [5.41, 5.74) is 1.61. The van der Waals surface area contributed by atoms with Gasteiger partial charge in [-0.25, -0.2) is 14.4 Å². The van der Waals surface area contributed by atoms with Crippen LogP contribution in [-0.2, 0) is 0 Å². The summed E-state index contributed by atoms with van der Waals surface area (Å²) in [4.78, 5) is 14.7. The lowest BCUT2D eigenvalue weighted by atomic mass is 10.1. The van der Waals surface area contributed by atoms with Gasteiger partial charge in [-0.2, -0.15) is 0 Å². The van der Waals surface area contributed by atoms with Crippen molar-refractivity contribution < 1.29 is 4.39 Å². The van der Waals surface area contributed by atoms with Crippen LogP contribution >= 0.6 is 11.3 Å². The van der Waals surface area contributed by atoms with Crippen LogP contribution in [0.5, 0.6) is 0 Å². The van der Waals surface area contributed by atoms with E-state index >= 15 is 0 Å². The number of hydrogen-bond donors (Lipinski definition) is 1. The molecule has 0 aliphatic rings. The number of rotatable bonds is 2. The first kappa shape index (κ1) is 18.1. The number of nitrogens with one attached hydrogen (secondary N) is 1. The quantitative estimate of drug-likeness (QED) is 0.507. The summed E-state index contributed by atoms with van der Waals surface area (Å²) in [5, 5.41) is 3.53. The lowest BCUT2D eigenvalue weighted by Crippen LogP contribution is -2.27. The van der Waals surface area contributed by atoms with E-state index < -0.39 is 5.82 Å². The van der Waals surface area contributed by atoms with E-state index in [1.165, 1.54) is 23.6 Å². The normalized spacial score (nSPS) is 11.3. The monoisotopic (exact) mass is 391 g/mol. The van der Waals surface area contributed by atoms with Gasteiger partial charge in [-0.05, 0) is 56.9 Å². The summed E-state index contributed by atoms with van der Waals surface area (Å²) in [6, 6.07) is 6.79. The molecule has 0 saturated heterocycles. The first-order chi connectivity index (χ1) is 13.4. The van der Waals surface area contributed by atoms with Gasteiger partial charge in [0.2, 0.25) is 0 Å². The van der Waals surface area contributed by atoms with Crippen molar-refractivity contribution in [1.82, 2.24) is 19.4 Å². The van der Waals surface area contributed by atoms with Crippen molar-refractivity contribution in [2.75, 3.05) is 5.32 Å². The highest BCUT2D eigenvalue weighted by atomic mass is 32.1. The highest BCUT2D eigenvalue weighted by Crippen LogP contribution is 2.34. The molecule has 0 spiro atoms. The zero-order valence-electron chi connectivity index (χ0n) is 15.7. The van der Waals surface area contributed by atoms with Gasteiger partial charge >= 0.3 is 0 Å². The smallest absolute Gasteiger partial charge is 0.157 e. The second kappa shape index (κ2) is 7.06. The predicted octanol–water partition coefficient (Wildman–Crippen LogP) is 4.60. The molecule has 4 aromatic rings. The van der Waals surface area contributed by atoms with Crippen LogP contribution in [-0.4, -0.2) is 24.9 Å². The maximum atomic E-state index is 13.7. The first-order valence-corrected chi connectivity index (χ1v) is 9.55. The molecule has 0 unspecified atom stereocenters. The van der Waals surface area contributed by atoms with Crippen LogP contribution in [0.3, 0.4) is 0 Å². The highest BCUT2D eigenvalue weighted by Gasteiger charge is 2.20. The lowest BCUT2D eigenvalue weighted by molar-refractivity contribution is 0.617. The molecule has 0 aliphatic carbocycles. The fourth-order valence-corrected chi connectivity index (χ4v) is 3.53. The molecule has 0 aliphatic heterocycles. The third-order valence-corrected chi connectivity index (χ3v) is 4.83. The number of halogens is 1. The van der Waals surface area contributed by atoms with E-state index in [1.54, 1.807) is 18.5 Å². The fraction of sp³-hybridized carbons (Fsp3) is 0.190. The summed E-state index contributed by atoms with van der Waals surface area (Å²) < 4.78 is 15.7. The van der Waals surface area contributed by atoms with Crippen molar-refractivity contribution in [1.29, 1.82) is 0 Å². The number of anilines is 1. The van der Waals surface area contributed by atoms with Crippen LogP contribution in [0, 0.1) is 17.7 Å². The largest absolute Gasteiger partial charge is 0.365 e. The predicted molar refractivity (Wildman–Crippen MR) is 110 cm³/mol. The molecule has 0 aromatic carbocycles. The summed E-state index contributed by atoms with van der Waals surface area (Å²) in [7, 11) is 0. The number of hydrogen-bond acceptors (Lipinski definition) is 5. The molecular formula is C21H18FN5S. The number of fused-ring (bicyclic) bond motifs is 1. The van der Waals surface area contributed by atoms with E-state index in [-0.39, 0.29) is 11.2 Å². The van der Waals surface area contributed by atoms with Crippen molar-refractivity contribution in [3.8, 4) is 22.4 Å². The number of nitrogens with zero attached hydrogens (tertiary/aromatic N) is 4. The minimum Gasteiger partial charge on any atom is -0.365 e. The number of imidazole rings is 1. The van der Waals surface area contributed by atoms with Gasteiger partial charge in [-0.3, -0.25) is 9.38 Å². The van der Waals surface area contributed by atoms with Crippen LogP contribution in [0.4, 0.5) is 10.2 Å². The topological polar surface area (TPSA) is 55.1 Å². The van der Waals surface area contributed by atoms with E-state index in [9.17, 15) is 4.39 Å². The van der Waals surface area contributed by atoms with Gasteiger partial charge in [0.15, 0.2) is 11.5 Å². The van der Waals surface area contributed by atoms with Crippen LogP contribution in [0.15, 0.2) is 49.1 Å². The van der Waals surface area contributed by atoms with Gasteiger partial charge in [-0.15, -0.1) is 11.3 Å². The van der Waals surface area contributed by atoms with E-state index in [0.29, 0.717) is 0 Å². The van der Waals surface area contributed by atoms with Crippen LogP contribution < -0.4 is 5.32 Å². The third kappa shape index (κ3) is 3.73. The Bertz CT molecular complexity index is 1210. The van der Waals surface area contributed by atoms with E-state index in [0.717, 1.165) is 26.9 Å². The van der Waals surface area contributed by atoms with Crippen molar-refractivity contribution in [2.45, 2.75) is 26.3 Å². The van der Waals surface area contributed by atoms with Crippen molar-refractivity contribution in [2.24, 2.45) is 0 Å². The van der Waals surface area contributed by atoms with Gasteiger partial charge in [0, 0.05) is 24.1 Å². The second-order valence-electron chi connectivity index (χ2n) is 7.24. The number of pyridine rings is 1. The van der Waals surface area contributed by atoms with Crippen molar-refractivity contribution >= 4 is 22.8 Å². The zero-order chi connectivity index (χ0) is 19.7. The molecule has 4 rings (SSSR count). The van der Waals surface area contributed by atoms with Gasteiger partial charge in [0.1, 0.15) is 17.2 Å². The highest BCUT2D eigenvalue weighted by molar-refractivity contribution is 7.16. The van der Waals surface area contributed by atoms with E-state index in [4.69, 9.17) is 4.98 Å². The zero-order valence-corrected chi connectivity index (χ0v) is 16.5. The molecule has 0 saturated carbocycles. The molecule has 0 radical (unpaired) electrons. The summed E-state index contributed by atoms with van der Waals surface area (Å²) in [6.45, 7) is 6.30. The SMILES string of the molecule is CC(C)(C)Nc1c(-c2ccc(C#Cc3ncccc3F)s2)nc2cnccn12. The van der Waals surface area contributed by atoms with Crippen molar-refractivity contribution in [3.63, 3.8) is 0 Å². The third-order valence-electron chi connectivity index (χ3n) is 3.83. The average Bonchev–Trinajstić information content (AvgIpc) is 3.25. The molecule has 1 N–H and O–H groups in total. The molecule has 0 amide bonds. The van der Waals surface area contributed by atoms with E-state index in [2.05, 4.69) is 47.9 Å². The van der Waals surface area contributed by atoms with Crippen molar-refractivity contribution in [3.05, 3.63) is 65.4 Å². The Morgan fingerprint density at radius 2 is 2.00 bits per heavy atom. The fourth-order valence-electron chi connectivity index (χ4n) is 2.68. The van der Waals surface area contributed by atoms with Gasteiger partial charge < -0.3 is 5.32 Å². The molecule has 0 atom stereocenters.